The van der Waals surface area contributed by atoms with Crippen LogP contribution in [-0.2, 0) is 14.3 Å². The fourth-order valence-corrected chi connectivity index (χ4v) is 3.57. The van der Waals surface area contributed by atoms with Gasteiger partial charge in [0.2, 0.25) is 11.6 Å². The topological polar surface area (TPSA) is 167 Å². The molecule has 0 fully saturated rings. The van der Waals surface area contributed by atoms with Crippen LogP contribution in [0.1, 0.15) is 24.0 Å². The highest BCUT2D eigenvalue weighted by atomic mass is 16.6. The summed E-state index contributed by atoms with van der Waals surface area (Å²) >= 11 is 0. The Morgan fingerprint density at radius 3 is 2.44 bits per heavy atom. The normalized spacial score (nSPS) is 15.3. The zero-order chi connectivity index (χ0) is 25.0. The SMILES string of the molecule is CCOC(=O)C1=C(c2cccc([N+](=O)[O-])c2)OC(N)=C(C#N)C1c1cc(OC)c(O)c(OC)c1. The molecule has 0 radical (unpaired) electrons. The fourth-order valence-electron chi connectivity index (χ4n) is 3.57. The van der Waals surface area contributed by atoms with Gasteiger partial charge in [-0.25, -0.2) is 4.79 Å². The molecule has 0 aliphatic carbocycles. The summed E-state index contributed by atoms with van der Waals surface area (Å²) in [5.74, 6) is -2.57. The van der Waals surface area contributed by atoms with E-state index >= 15 is 0 Å². The molecule has 2 aromatic carbocycles. The molecule has 3 N–H and O–H groups in total. The monoisotopic (exact) mass is 467 g/mol. The highest BCUT2D eigenvalue weighted by Gasteiger charge is 2.39. The second kappa shape index (κ2) is 9.83. The van der Waals surface area contributed by atoms with Crippen molar-refractivity contribution < 1.29 is 33.8 Å². The van der Waals surface area contributed by atoms with Crippen LogP contribution in [0, 0.1) is 21.4 Å². The third kappa shape index (κ3) is 4.29. The summed E-state index contributed by atoms with van der Waals surface area (Å²) in [6, 6.07) is 10.2. The maximum absolute atomic E-state index is 13.1. The first-order chi connectivity index (χ1) is 16.3. The Labute approximate surface area is 194 Å². The molecule has 3 rings (SSSR count). The minimum Gasteiger partial charge on any atom is -0.502 e. The van der Waals surface area contributed by atoms with Gasteiger partial charge in [0.05, 0.1) is 37.2 Å². The van der Waals surface area contributed by atoms with Crippen LogP contribution in [-0.4, -0.2) is 36.8 Å². The van der Waals surface area contributed by atoms with E-state index in [-0.39, 0.29) is 57.9 Å². The Kier molecular flexibility index (Phi) is 6.92. The average molecular weight is 467 g/mol. The number of methoxy groups -OCH3 is 2. The number of rotatable bonds is 7. The zero-order valence-corrected chi connectivity index (χ0v) is 18.5. The number of nitro groups is 1. The summed E-state index contributed by atoms with van der Waals surface area (Å²) in [4.78, 5) is 23.9. The summed E-state index contributed by atoms with van der Waals surface area (Å²) in [7, 11) is 2.66. The molecule has 1 aliphatic heterocycles. The number of ether oxygens (including phenoxy) is 4. The van der Waals surface area contributed by atoms with Crippen LogP contribution < -0.4 is 15.2 Å². The van der Waals surface area contributed by atoms with Gasteiger partial charge in [0, 0.05) is 17.7 Å². The minimum atomic E-state index is -1.12. The predicted molar refractivity (Wildman–Crippen MR) is 119 cm³/mol. The lowest BCUT2D eigenvalue weighted by atomic mass is 9.81. The van der Waals surface area contributed by atoms with Crippen molar-refractivity contribution in [3.05, 3.63) is 74.7 Å². The summed E-state index contributed by atoms with van der Waals surface area (Å²) in [5, 5.41) is 31.5. The smallest absolute Gasteiger partial charge is 0.338 e. The van der Waals surface area contributed by atoms with E-state index in [2.05, 4.69) is 0 Å². The third-order valence-corrected chi connectivity index (χ3v) is 5.07. The van der Waals surface area contributed by atoms with Gasteiger partial charge in [-0.1, -0.05) is 12.1 Å². The van der Waals surface area contributed by atoms with E-state index < -0.39 is 16.8 Å². The van der Waals surface area contributed by atoms with Gasteiger partial charge in [-0.15, -0.1) is 0 Å². The van der Waals surface area contributed by atoms with Gasteiger partial charge in [-0.2, -0.15) is 5.26 Å². The summed E-state index contributed by atoms with van der Waals surface area (Å²) in [5.41, 5.74) is 6.09. The van der Waals surface area contributed by atoms with Crippen LogP contribution in [0.4, 0.5) is 5.69 Å². The molecule has 11 heteroatoms. The van der Waals surface area contributed by atoms with Crippen molar-refractivity contribution in [3.8, 4) is 23.3 Å². The molecule has 1 atom stereocenters. The van der Waals surface area contributed by atoms with Crippen LogP contribution in [0.5, 0.6) is 17.2 Å². The lowest BCUT2D eigenvalue weighted by molar-refractivity contribution is -0.384. The quantitative estimate of drug-likeness (QED) is 0.351. The van der Waals surface area contributed by atoms with E-state index in [1.54, 1.807) is 6.92 Å². The highest BCUT2D eigenvalue weighted by molar-refractivity contribution is 6.00. The van der Waals surface area contributed by atoms with E-state index in [9.17, 15) is 25.3 Å². The number of nitrogens with zero attached hydrogens (tertiary/aromatic N) is 2. The molecule has 0 saturated heterocycles. The summed E-state index contributed by atoms with van der Waals surface area (Å²) < 4.78 is 21.3. The van der Waals surface area contributed by atoms with Crippen molar-refractivity contribution in [1.82, 2.24) is 0 Å². The van der Waals surface area contributed by atoms with Gasteiger partial charge in [0.1, 0.15) is 17.4 Å². The number of hydrogen-bond donors (Lipinski definition) is 2. The maximum atomic E-state index is 13.1. The largest absolute Gasteiger partial charge is 0.502 e. The van der Waals surface area contributed by atoms with Crippen molar-refractivity contribution in [1.29, 1.82) is 5.26 Å². The molecular formula is C23H21N3O8. The first kappa shape index (κ1) is 23.9. The van der Waals surface area contributed by atoms with Crippen molar-refractivity contribution in [2.75, 3.05) is 20.8 Å². The Balaban J connectivity index is 2.37. The summed E-state index contributed by atoms with van der Waals surface area (Å²) in [6.07, 6.45) is 0. The number of carbonyl (C=O) groups is 1. The van der Waals surface area contributed by atoms with Crippen molar-refractivity contribution in [2.24, 2.45) is 5.73 Å². The van der Waals surface area contributed by atoms with Crippen LogP contribution in [0.3, 0.4) is 0 Å². The maximum Gasteiger partial charge on any atom is 0.338 e. The molecule has 0 amide bonds. The van der Waals surface area contributed by atoms with Gasteiger partial charge in [-0.3, -0.25) is 10.1 Å². The first-order valence-electron chi connectivity index (χ1n) is 9.95. The minimum absolute atomic E-state index is 0.0145. The number of phenolic OH excluding ortho intramolecular Hbond substituents is 1. The summed E-state index contributed by atoms with van der Waals surface area (Å²) in [6.45, 7) is 1.62. The van der Waals surface area contributed by atoms with Gasteiger partial charge in [0.25, 0.3) is 5.69 Å². The Morgan fingerprint density at radius 2 is 1.91 bits per heavy atom. The lowest BCUT2D eigenvalue weighted by Crippen LogP contribution is -2.26. The molecule has 0 bridgehead atoms. The number of nitrogens with two attached hydrogens (primary N) is 1. The Morgan fingerprint density at radius 1 is 1.26 bits per heavy atom. The lowest BCUT2D eigenvalue weighted by Gasteiger charge is -2.28. The van der Waals surface area contributed by atoms with E-state index in [0.29, 0.717) is 5.56 Å². The van der Waals surface area contributed by atoms with Gasteiger partial charge in [0.15, 0.2) is 11.5 Å². The molecule has 34 heavy (non-hydrogen) atoms. The number of allylic oxidation sites excluding steroid dienone is 1. The third-order valence-electron chi connectivity index (χ3n) is 5.07. The van der Waals surface area contributed by atoms with Crippen molar-refractivity contribution in [2.45, 2.75) is 12.8 Å². The number of hydrogen-bond acceptors (Lipinski definition) is 10. The number of non-ortho nitro benzene ring substituents is 1. The number of aromatic hydroxyl groups is 1. The number of esters is 1. The fraction of sp³-hybridized carbons (Fsp3) is 0.217. The predicted octanol–water partition coefficient (Wildman–Crippen LogP) is 3.10. The van der Waals surface area contributed by atoms with Gasteiger partial charge >= 0.3 is 5.97 Å². The molecule has 0 spiro atoms. The number of phenols is 1. The van der Waals surface area contributed by atoms with E-state index in [0.717, 1.165) is 0 Å². The van der Waals surface area contributed by atoms with Crippen LogP contribution in [0.25, 0.3) is 5.76 Å². The van der Waals surface area contributed by atoms with E-state index in [1.165, 1.54) is 50.6 Å². The molecule has 176 valence electrons. The number of nitro benzene ring substituents is 1. The number of carbonyl (C=O) groups excluding carboxylic acids is 1. The van der Waals surface area contributed by atoms with Crippen LogP contribution >= 0.6 is 0 Å². The van der Waals surface area contributed by atoms with E-state index in [1.807, 2.05) is 6.07 Å². The standard InChI is InChI=1S/C23H21N3O8/c1-4-33-23(28)19-18(13-9-16(31-2)20(27)17(10-13)32-3)15(11-24)22(25)34-21(19)12-6-5-7-14(8-12)26(29)30/h5-10,18,27H,4,25H2,1-3H3. The Bertz CT molecular complexity index is 1230. The molecule has 0 aromatic heterocycles. The average Bonchev–Trinajstić information content (AvgIpc) is 2.83. The molecule has 0 saturated carbocycles. The van der Waals surface area contributed by atoms with E-state index in [4.69, 9.17) is 24.7 Å². The highest BCUT2D eigenvalue weighted by Crippen LogP contribution is 2.47. The second-order valence-electron chi connectivity index (χ2n) is 6.97. The van der Waals surface area contributed by atoms with Crippen LogP contribution in [0.15, 0.2) is 53.4 Å². The molecular weight excluding hydrogens is 446 g/mol. The molecule has 11 nitrogen and oxygen atoms in total. The second-order valence-corrected chi connectivity index (χ2v) is 6.97. The van der Waals surface area contributed by atoms with Crippen molar-refractivity contribution in [3.63, 3.8) is 0 Å². The van der Waals surface area contributed by atoms with Crippen LogP contribution in [0.2, 0.25) is 0 Å². The first-order valence-corrected chi connectivity index (χ1v) is 9.95. The van der Waals surface area contributed by atoms with Gasteiger partial charge < -0.3 is 29.8 Å². The number of nitriles is 1. The van der Waals surface area contributed by atoms with Crippen molar-refractivity contribution >= 4 is 17.4 Å². The molecule has 1 aliphatic rings. The van der Waals surface area contributed by atoms with Gasteiger partial charge in [-0.05, 0) is 24.6 Å². The Hall–Kier alpha value is -4.72. The zero-order valence-electron chi connectivity index (χ0n) is 18.5. The molecule has 1 heterocycles. The molecule has 2 aromatic rings. The number of benzene rings is 2. The molecule has 1 unspecified atom stereocenters.